The van der Waals surface area contributed by atoms with E-state index in [0.29, 0.717) is 19.6 Å². The maximum absolute atomic E-state index is 10.5. The van der Waals surface area contributed by atoms with Gasteiger partial charge in [0.1, 0.15) is 11.8 Å². The van der Waals surface area contributed by atoms with Crippen LogP contribution in [0.15, 0.2) is 24.3 Å². The Kier molecular flexibility index (Phi) is 6.92. The van der Waals surface area contributed by atoms with Crippen molar-refractivity contribution in [2.45, 2.75) is 25.8 Å². The molecule has 1 atom stereocenters. The van der Waals surface area contributed by atoms with E-state index in [9.17, 15) is 4.79 Å². The number of carboxylic acids is 1. The molecule has 0 aromatic heterocycles. The number of nitrogens with two attached hydrogens (primary N) is 1. The summed E-state index contributed by atoms with van der Waals surface area (Å²) in [5.41, 5.74) is 6.62. The first-order valence-electron chi connectivity index (χ1n) is 6.54. The molecule has 1 unspecified atom stereocenters. The number of rotatable bonds is 9. The summed E-state index contributed by atoms with van der Waals surface area (Å²) < 4.78 is 5.37. The minimum Gasteiger partial charge on any atom is -0.494 e. The van der Waals surface area contributed by atoms with Crippen LogP contribution < -0.4 is 15.8 Å². The maximum atomic E-state index is 10.5. The van der Waals surface area contributed by atoms with E-state index in [4.69, 9.17) is 15.6 Å². The van der Waals surface area contributed by atoms with E-state index >= 15 is 0 Å². The Morgan fingerprint density at radius 2 is 2.05 bits per heavy atom. The number of benzene rings is 1. The quantitative estimate of drug-likeness (QED) is 0.581. The fraction of sp³-hybridized carbons (Fsp3) is 0.500. The first-order valence-corrected chi connectivity index (χ1v) is 6.54. The summed E-state index contributed by atoms with van der Waals surface area (Å²) in [6.07, 6.45) is 1.34. The van der Waals surface area contributed by atoms with E-state index in [1.54, 1.807) is 0 Å². The molecule has 0 fully saturated rings. The van der Waals surface area contributed by atoms with Gasteiger partial charge in [-0.05, 0) is 50.6 Å². The summed E-state index contributed by atoms with van der Waals surface area (Å²) >= 11 is 0. The Morgan fingerprint density at radius 3 is 2.63 bits per heavy atom. The van der Waals surface area contributed by atoms with Crippen LogP contribution in [0.25, 0.3) is 0 Å². The number of carboxylic acid groups (broad SMARTS) is 1. The van der Waals surface area contributed by atoms with E-state index in [-0.39, 0.29) is 0 Å². The van der Waals surface area contributed by atoms with E-state index in [0.717, 1.165) is 18.7 Å². The lowest BCUT2D eigenvalue weighted by molar-refractivity contribution is -0.138. The van der Waals surface area contributed by atoms with Crippen LogP contribution in [0.5, 0.6) is 5.75 Å². The average Bonchev–Trinajstić information content (AvgIpc) is 2.40. The predicted octanol–water partition coefficient (Wildman–Crippen LogP) is 1.02. The highest BCUT2D eigenvalue weighted by Gasteiger charge is 2.09. The van der Waals surface area contributed by atoms with E-state index in [2.05, 4.69) is 5.32 Å². The van der Waals surface area contributed by atoms with Crippen molar-refractivity contribution < 1.29 is 14.6 Å². The first kappa shape index (κ1) is 15.5. The van der Waals surface area contributed by atoms with E-state index in [1.165, 1.54) is 5.56 Å². The Labute approximate surface area is 113 Å². The summed E-state index contributed by atoms with van der Waals surface area (Å²) in [6, 6.07) is 7.21. The average molecular weight is 266 g/mol. The van der Waals surface area contributed by atoms with Gasteiger partial charge >= 0.3 is 5.97 Å². The topological polar surface area (TPSA) is 84.6 Å². The lowest BCUT2D eigenvalue weighted by Gasteiger charge is -2.08. The Bertz CT molecular complexity index is 379. The van der Waals surface area contributed by atoms with Crippen molar-refractivity contribution in [3.8, 4) is 5.75 Å². The molecular weight excluding hydrogens is 244 g/mol. The van der Waals surface area contributed by atoms with Gasteiger partial charge in [-0.15, -0.1) is 0 Å². The molecule has 5 heteroatoms. The van der Waals surface area contributed by atoms with Crippen LogP contribution in [0, 0.1) is 0 Å². The van der Waals surface area contributed by atoms with Gasteiger partial charge in [0.25, 0.3) is 0 Å². The molecule has 0 aliphatic carbocycles. The van der Waals surface area contributed by atoms with Crippen molar-refractivity contribution in [2.24, 2.45) is 5.73 Å². The number of ether oxygens (including phenoxy) is 1. The molecule has 106 valence electrons. The molecule has 0 amide bonds. The first-order chi connectivity index (χ1) is 9.13. The van der Waals surface area contributed by atoms with Gasteiger partial charge < -0.3 is 20.9 Å². The number of hydrogen-bond acceptors (Lipinski definition) is 4. The number of hydrogen-bond donors (Lipinski definition) is 3. The lowest BCUT2D eigenvalue weighted by Crippen LogP contribution is -2.34. The van der Waals surface area contributed by atoms with Gasteiger partial charge in [0.05, 0.1) is 6.61 Å². The summed E-state index contributed by atoms with van der Waals surface area (Å²) in [5.74, 6) is -0.0695. The zero-order valence-electron chi connectivity index (χ0n) is 11.3. The third-order valence-electron chi connectivity index (χ3n) is 2.77. The Hall–Kier alpha value is -1.59. The van der Waals surface area contributed by atoms with Gasteiger partial charge in [0.2, 0.25) is 0 Å². The summed E-state index contributed by atoms with van der Waals surface area (Å²) in [6.45, 7) is 4.05. The molecule has 0 bridgehead atoms. The maximum Gasteiger partial charge on any atom is 0.320 e. The van der Waals surface area contributed by atoms with Crippen LogP contribution >= 0.6 is 0 Å². The fourth-order valence-corrected chi connectivity index (χ4v) is 1.66. The van der Waals surface area contributed by atoms with Gasteiger partial charge in [-0.2, -0.15) is 0 Å². The van der Waals surface area contributed by atoms with Crippen LogP contribution in [0.3, 0.4) is 0 Å². The van der Waals surface area contributed by atoms with Crippen molar-refractivity contribution in [1.29, 1.82) is 0 Å². The molecule has 1 aromatic rings. The molecule has 0 saturated heterocycles. The molecule has 1 rings (SSSR count). The van der Waals surface area contributed by atoms with Gasteiger partial charge in [-0.25, -0.2) is 0 Å². The zero-order chi connectivity index (χ0) is 14.1. The van der Waals surface area contributed by atoms with Crippen molar-refractivity contribution in [3.63, 3.8) is 0 Å². The highest BCUT2D eigenvalue weighted by molar-refractivity contribution is 5.72. The second-order valence-electron chi connectivity index (χ2n) is 4.31. The van der Waals surface area contributed by atoms with Gasteiger partial charge in [-0.3, -0.25) is 4.79 Å². The van der Waals surface area contributed by atoms with Gasteiger partial charge in [-0.1, -0.05) is 12.1 Å². The van der Waals surface area contributed by atoms with Crippen LogP contribution in [-0.4, -0.2) is 36.8 Å². The normalized spacial score (nSPS) is 12.1. The lowest BCUT2D eigenvalue weighted by atomic mass is 10.1. The predicted molar refractivity (Wildman–Crippen MR) is 74.4 cm³/mol. The van der Waals surface area contributed by atoms with Gasteiger partial charge in [0, 0.05) is 0 Å². The fourth-order valence-electron chi connectivity index (χ4n) is 1.66. The van der Waals surface area contributed by atoms with Gasteiger partial charge in [0.15, 0.2) is 0 Å². The highest BCUT2D eigenvalue weighted by Crippen LogP contribution is 2.12. The molecule has 0 spiro atoms. The second kappa shape index (κ2) is 8.50. The number of carbonyl (C=O) groups is 1. The van der Waals surface area contributed by atoms with E-state index in [1.807, 2.05) is 31.2 Å². The highest BCUT2D eigenvalue weighted by atomic mass is 16.5. The SMILES string of the molecule is CCOc1ccc(CCNCCC(N)C(=O)O)cc1. The monoisotopic (exact) mass is 266 g/mol. The molecule has 0 saturated carbocycles. The van der Waals surface area contributed by atoms with Crippen molar-refractivity contribution in [3.05, 3.63) is 29.8 Å². The number of nitrogens with one attached hydrogen (secondary N) is 1. The summed E-state index contributed by atoms with van der Waals surface area (Å²) in [4.78, 5) is 10.5. The minimum absolute atomic E-state index is 0.443. The third kappa shape index (κ3) is 6.22. The van der Waals surface area contributed by atoms with Crippen LogP contribution in [0.1, 0.15) is 18.9 Å². The van der Waals surface area contributed by atoms with Crippen molar-refractivity contribution in [1.82, 2.24) is 5.32 Å². The van der Waals surface area contributed by atoms with E-state index < -0.39 is 12.0 Å². The summed E-state index contributed by atoms with van der Waals surface area (Å²) in [5, 5.41) is 11.8. The smallest absolute Gasteiger partial charge is 0.320 e. The second-order valence-corrected chi connectivity index (χ2v) is 4.31. The Balaban J connectivity index is 2.17. The van der Waals surface area contributed by atoms with Crippen molar-refractivity contribution in [2.75, 3.05) is 19.7 Å². The molecule has 0 aliphatic rings. The molecule has 0 aliphatic heterocycles. The van der Waals surface area contributed by atoms with Crippen LogP contribution in [0.4, 0.5) is 0 Å². The molecule has 1 aromatic carbocycles. The molecule has 5 nitrogen and oxygen atoms in total. The molecule has 0 heterocycles. The molecule has 19 heavy (non-hydrogen) atoms. The third-order valence-corrected chi connectivity index (χ3v) is 2.77. The Morgan fingerprint density at radius 1 is 1.37 bits per heavy atom. The van der Waals surface area contributed by atoms with Crippen LogP contribution in [-0.2, 0) is 11.2 Å². The molecule has 4 N–H and O–H groups in total. The number of aliphatic carboxylic acids is 1. The largest absolute Gasteiger partial charge is 0.494 e. The minimum atomic E-state index is -0.951. The van der Waals surface area contributed by atoms with Crippen molar-refractivity contribution >= 4 is 5.97 Å². The van der Waals surface area contributed by atoms with Crippen LogP contribution in [0.2, 0.25) is 0 Å². The molecular formula is C14H22N2O3. The summed E-state index contributed by atoms with van der Waals surface area (Å²) in [7, 11) is 0. The standard InChI is InChI=1S/C14H22N2O3/c1-2-19-12-5-3-11(4-6-12)7-9-16-10-8-13(15)14(17)18/h3-6,13,16H,2,7-10,15H2,1H3,(H,17,18). The zero-order valence-corrected chi connectivity index (χ0v) is 11.3. The molecule has 0 radical (unpaired) electrons.